The van der Waals surface area contributed by atoms with E-state index in [-0.39, 0.29) is 34.9 Å². The zero-order valence-corrected chi connectivity index (χ0v) is 12.4. The number of hydrogen-bond acceptors (Lipinski definition) is 6. The molecule has 7 heteroatoms. The highest BCUT2D eigenvalue weighted by molar-refractivity contribution is 7.99. The van der Waals surface area contributed by atoms with Crippen molar-refractivity contribution in [2.45, 2.75) is 25.1 Å². The van der Waals surface area contributed by atoms with E-state index in [1.54, 1.807) is 0 Å². The maximum Gasteiger partial charge on any atom is 0.270 e. The number of aliphatic hydroxyl groups is 1. The summed E-state index contributed by atoms with van der Waals surface area (Å²) in [5, 5.41) is 23.1. The Balaban J connectivity index is 3.06. The minimum atomic E-state index is -0.530. The molecule has 110 valence electrons. The van der Waals surface area contributed by atoms with Crippen molar-refractivity contribution in [2.75, 3.05) is 18.2 Å². The molecule has 0 aliphatic rings. The van der Waals surface area contributed by atoms with Crippen molar-refractivity contribution in [3.05, 3.63) is 33.9 Å². The summed E-state index contributed by atoms with van der Waals surface area (Å²) in [5.74, 6) is -0.242. The Bertz CT molecular complexity index is 503. The zero-order valence-electron chi connectivity index (χ0n) is 11.6. The molecule has 0 saturated heterocycles. The second-order valence-corrected chi connectivity index (χ2v) is 5.51. The normalized spacial score (nSPS) is 13.6. The summed E-state index contributed by atoms with van der Waals surface area (Å²) in [4.78, 5) is 21.8. The van der Waals surface area contributed by atoms with Gasteiger partial charge >= 0.3 is 0 Å². The standard InChI is InChI=1S/C13H18N2O4S/c1-8(13(7-16)20-3)14-12-5-4-10(15(18)19)6-11(12)9(2)17/h4-6,8,13-14,16H,7H2,1-3H3. The lowest BCUT2D eigenvalue weighted by Gasteiger charge is -2.23. The molecule has 0 bridgehead atoms. The fraction of sp³-hybridized carbons (Fsp3) is 0.462. The molecule has 2 unspecified atom stereocenters. The first kappa shape index (κ1) is 16.5. The topological polar surface area (TPSA) is 92.5 Å². The van der Waals surface area contributed by atoms with E-state index in [2.05, 4.69) is 5.32 Å². The van der Waals surface area contributed by atoms with E-state index in [9.17, 15) is 20.0 Å². The number of thioether (sulfide) groups is 1. The molecule has 0 aliphatic carbocycles. The summed E-state index contributed by atoms with van der Waals surface area (Å²) in [6.07, 6.45) is 1.89. The number of ketones is 1. The predicted octanol–water partition coefficient (Wildman–Crippen LogP) is 2.32. The Labute approximate surface area is 121 Å². The molecule has 1 rings (SSSR count). The van der Waals surface area contributed by atoms with E-state index in [1.807, 2.05) is 13.2 Å². The number of nitro benzene ring substituents is 1. The molecular weight excluding hydrogens is 280 g/mol. The maximum atomic E-state index is 11.6. The number of nitrogens with one attached hydrogen (secondary N) is 1. The number of hydrogen-bond donors (Lipinski definition) is 2. The molecule has 0 radical (unpaired) electrons. The van der Waals surface area contributed by atoms with Gasteiger partial charge in [0, 0.05) is 34.7 Å². The Morgan fingerprint density at radius 2 is 2.20 bits per heavy atom. The highest BCUT2D eigenvalue weighted by Crippen LogP contribution is 2.25. The second kappa shape index (κ2) is 7.25. The number of rotatable bonds is 7. The molecule has 0 saturated carbocycles. The first-order valence-corrected chi connectivity index (χ1v) is 7.39. The van der Waals surface area contributed by atoms with Crippen molar-refractivity contribution in [2.24, 2.45) is 0 Å². The van der Waals surface area contributed by atoms with Crippen molar-refractivity contribution >= 4 is 28.9 Å². The molecule has 20 heavy (non-hydrogen) atoms. The Morgan fingerprint density at radius 1 is 1.55 bits per heavy atom. The molecule has 2 N–H and O–H groups in total. The second-order valence-electron chi connectivity index (χ2n) is 4.43. The van der Waals surface area contributed by atoms with Crippen molar-refractivity contribution in [1.29, 1.82) is 0 Å². The highest BCUT2D eigenvalue weighted by atomic mass is 32.2. The first-order valence-electron chi connectivity index (χ1n) is 6.10. The van der Waals surface area contributed by atoms with Gasteiger partial charge in [-0.15, -0.1) is 0 Å². The summed E-state index contributed by atoms with van der Waals surface area (Å²) in [6, 6.07) is 4.08. The molecule has 0 amide bonds. The molecule has 0 aliphatic heterocycles. The van der Waals surface area contributed by atoms with Crippen LogP contribution in [-0.2, 0) is 0 Å². The van der Waals surface area contributed by atoms with Crippen LogP contribution < -0.4 is 5.32 Å². The van der Waals surface area contributed by atoms with Crippen LogP contribution >= 0.6 is 11.8 Å². The van der Waals surface area contributed by atoms with E-state index in [1.165, 1.54) is 36.9 Å². The van der Waals surface area contributed by atoms with Crippen LogP contribution in [0.15, 0.2) is 18.2 Å². The number of nitrogens with zero attached hydrogens (tertiary/aromatic N) is 1. The molecule has 0 spiro atoms. The quantitative estimate of drug-likeness (QED) is 0.456. The third kappa shape index (κ3) is 3.94. The van der Waals surface area contributed by atoms with E-state index in [0.29, 0.717) is 5.69 Å². The van der Waals surface area contributed by atoms with Crippen LogP contribution in [0.1, 0.15) is 24.2 Å². The molecule has 6 nitrogen and oxygen atoms in total. The number of benzene rings is 1. The number of nitro groups is 1. The monoisotopic (exact) mass is 298 g/mol. The maximum absolute atomic E-state index is 11.6. The number of Topliss-reactive ketones (excluding diaryl/α,β-unsaturated/α-hetero) is 1. The van der Waals surface area contributed by atoms with Crippen molar-refractivity contribution in [3.63, 3.8) is 0 Å². The fourth-order valence-corrected chi connectivity index (χ4v) is 2.46. The van der Waals surface area contributed by atoms with E-state index in [0.717, 1.165) is 0 Å². The average Bonchev–Trinajstić information content (AvgIpc) is 2.39. The first-order chi connectivity index (χ1) is 9.40. The van der Waals surface area contributed by atoms with Crippen LogP contribution in [0.2, 0.25) is 0 Å². The fourth-order valence-electron chi connectivity index (χ4n) is 1.84. The van der Waals surface area contributed by atoms with E-state index in [4.69, 9.17) is 0 Å². The van der Waals surface area contributed by atoms with Gasteiger partial charge in [0.15, 0.2) is 5.78 Å². The van der Waals surface area contributed by atoms with Gasteiger partial charge in [0.25, 0.3) is 5.69 Å². The molecule has 2 atom stereocenters. The third-order valence-corrected chi connectivity index (χ3v) is 4.18. The lowest BCUT2D eigenvalue weighted by atomic mass is 10.1. The van der Waals surface area contributed by atoms with Crippen LogP contribution in [-0.4, -0.2) is 40.0 Å². The number of non-ortho nitro benzene ring substituents is 1. The summed E-state index contributed by atoms with van der Waals surface area (Å²) in [6.45, 7) is 3.27. The lowest BCUT2D eigenvalue weighted by Crippen LogP contribution is -2.31. The Kier molecular flexibility index (Phi) is 5.97. The van der Waals surface area contributed by atoms with Crippen LogP contribution in [0.4, 0.5) is 11.4 Å². The van der Waals surface area contributed by atoms with Gasteiger partial charge in [-0.1, -0.05) is 0 Å². The van der Waals surface area contributed by atoms with Crippen molar-refractivity contribution in [3.8, 4) is 0 Å². The summed E-state index contributed by atoms with van der Waals surface area (Å²) in [5.41, 5.74) is 0.712. The SMILES string of the molecule is CSC(CO)C(C)Nc1ccc([N+](=O)[O-])cc1C(C)=O. The molecule has 1 aromatic rings. The molecule has 0 fully saturated rings. The van der Waals surface area contributed by atoms with E-state index < -0.39 is 4.92 Å². The number of carbonyl (C=O) groups excluding carboxylic acids is 1. The van der Waals surface area contributed by atoms with Gasteiger partial charge in [0.05, 0.1) is 11.5 Å². The van der Waals surface area contributed by atoms with Gasteiger partial charge < -0.3 is 10.4 Å². The van der Waals surface area contributed by atoms with Gasteiger partial charge in [0.1, 0.15) is 0 Å². The zero-order chi connectivity index (χ0) is 15.3. The van der Waals surface area contributed by atoms with E-state index >= 15 is 0 Å². The van der Waals surface area contributed by atoms with Gasteiger partial charge in [-0.25, -0.2) is 0 Å². The number of anilines is 1. The summed E-state index contributed by atoms with van der Waals surface area (Å²) >= 11 is 1.51. The predicted molar refractivity (Wildman–Crippen MR) is 80.6 cm³/mol. The average molecular weight is 298 g/mol. The Morgan fingerprint density at radius 3 is 2.65 bits per heavy atom. The van der Waals surface area contributed by atoms with Crippen LogP contribution in [0, 0.1) is 10.1 Å². The summed E-state index contributed by atoms with van der Waals surface area (Å²) in [7, 11) is 0. The molecule has 0 heterocycles. The minimum absolute atomic E-state index is 0.0116. The number of aliphatic hydroxyl groups excluding tert-OH is 1. The third-order valence-electron chi connectivity index (χ3n) is 3.02. The smallest absolute Gasteiger partial charge is 0.270 e. The highest BCUT2D eigenvalue weighted by Gasteiger charge is 2.19. The van der Waals surface area contributed by atoms with Crippen molar-refractivity contribution in [1.82, 2.24) is 0 Å². The lowest BCUT2D eigenvalue weighted by molar-refractivity contribution is -0.384. The molecule has 1 aromatic carbocycles. The number of carbonyl (C=O) groups is 1. The van der Waals surface area contributed by atoms with Crippen LogP contribution in [0.5, 0.6) is 0 Å². The summed E-state index contributed by atoms with van der Waals surface area (Å²) < 4.78 is 0. The van der Waals surface area contributed by atoms with Gasteiger partial charge in [-0.3, -0.25) is 14.9 Å². The van der Waals surface area contributed by atoms with Crippen LogP contribution in [0.3, 0.4) is 0 Å². The Hall–Kier alpha value is -1.60. The van der Waals surface area contributed by atoms with Gasteiger partial charge in [-0.05, 0) is 26.2 Å². The molecule has 0 aromatic heterocycles. The van der Waals surface area contributed by atoms with Crippen LogP contribution in [0.25, 0.3) is 0 Å². The van der Waals surface area contributed by atoms with Gasteiger partial charge in [0.2, 0.25) is 0 Å². The largest absolute Gasteiger partial charge is 0.395 e. The minimum Gasteiger partial charge on any atom is -0.395 e. The van der Waals surface area contributed by atoms with Gasteiger partial charge in [-0.2, -0.15) is 11.8 Å². The van der Waals surface area contributed by atoms with Crippen molar-refractivity contribution < 1.29 is 14.8 Å². The molecular formula is C13H18N2O4S.